The molecule has 1 atom stereocenters. The molecule has 1 heterocycles. The van der Waals surface area contributed by atoms with Gasteiger partial charge in [-0.3, -0.25) is 4.90 Å². The van der Waals surface area contributed by atoms with Crippen molar-refractivity contribution >= 4 is 33.3 Å². The summed E-state index contributed by atoms with van der Waals surface area (Å²) in [6.45, 7) is 4.61. The minimum absolute atomic E-state index is 0.0160. The molecule has 2 aromatic carbocycles. The normalized spacial score (nSPS) is 16.5. The fourth-order valence-corrected chi connectivity index (χ4v) is 2.86. The van der Waals surface area contributed by atoms with Crippen LogP contribution in [0.5, 0.6) is 5.75 Å². The minimum Gasteiger partial charge on any atom is -0.486 e. The summed E-state index contributed by atoms with van der Waals surface area (Å²) >= 11 is 3.47. The number of hydrogen-bond donors (Lipinski definition) is 1. The van der Waals surface area contributed by atoms with Gasteiger partial charge in [0.05, 0.1) is 12.2 Å². The van der Waals surface area contributed by atoms with E-state index >= 15 is 0 Å². The van der Waals surface area contributed by atoms with Crippen molar-refractivity contribution in [3.8, 4) is 5.75 Å². The number of fused-ring (bicyclic) bond motifs is 1. The van der Waals surface area contributed by atoms with Crippen LogP contribution in [0, 0.1) is 6.92 Å². The first-order chi connectivity index (χ1) is 11.1. The van der Waals surface area contributed by atoms with Gasteiger partial charge < -0.3 is 10.1 Å². The molecule has 0 aromatic heterocycles. The maximum atomic E-state index is 12.7. The van der Waals surface area contributed by atoms with E-state index in [9.17, 15) is 4.79 Å². The van der Waals surface area contributed by atoms with Crippen molar-refractivity contribution in [2.75, 3.05) is 16.8 Å². The van der Waals surface area contributed by atoms with Crippen molar-refractivity contribution < 1.29 is 9.53 Å². The van der Waals surface area contributed by atoms with Crippen LogP contribution in [0.4, 0.5) is 16.2 Å². The topological polar surface area (TPSA) is 41.6 Å². The van der Waals surface area contributed by atoms with Gasteiger partial charge in [0.15, 0.2) is 0 Å². The molecular formula is C18H19BrN2O2. The van der Waals surface area contributed by atoms with E-state index in [1.165, 1.54) is 0 Å². The van der Waals surface area contributed by atoms with E-state index in [1.54, 1.807) is 4.90 Å². The van der Waals surface area contributed by atoms with Crippen LogP contribution in [-0.2, 0) is 0 Å². The molecule has 3 rings (SSSR count). The first-order valence-corrected chi connectivity index (χ1v) is 8.48. The van der Waals surface area contributed by atoms with E-state index < -0.39 is 0 Å². The zero-order valence-electron chi connectivity index (χ0n) is 13.2. The number of hydrogen-bond acceptors (Lipinski definition) is 2. The van der Waals surface area contributed by atoms with E-state index in [0.717, 1.165) is 33.6 Å². The molecule has 4 nitrogen and oxygen atoms in total. The van der Waals surface area contributed by atoms with Gasteiger partial charge in [0, 0.05) is 10.2 Å². The summed E-state index contributed by atoms with van der Waals surface area (Å²) in [4.78, 5) is 14.5. The number of halogens is 1. The summed E-state index contributed by atoms with van der Waals surface area (Å²) in [5.74, 6) is 0.757. The van der Waals surface area contributed by atoms with Gasteiger partial charge >= 0.3 is 6.03 Å². The lowest BCUT2D eigenvalue weighted by Crippen LogP contribution is -2.45. The largest absolute Gasteiger partial charge is 0.486 e. The quantitative estimate of drug-likeness (QED) is 0.806. The Hall–Kier alpha value is -2.01. The third kappa shape index (κ3) is 3.34. The van der Waals surface area contributed by atoms with E-state index in [2.05, 4.69) is 28.2 Å². The summed E-state index contributed by atoms with van der Waals surface area (Å²) in [6.07, 6.45) is 0.873. The Morgan fingerprint density at radius 3 is 2.87 bits per heavy atom. The maximum absolute atomic E-state index is 12.7. The van der Waals surface area contributed by atoms with Gasteiger partial charge in [-0.15, -0.1) is 0 Å². The van der Waals surface area contributed by atoms with E-state index in [-0.39, 0.29) is 12.1 Å². The zero-order valence-corrected chi connectivity index (χ0v) is 14.8. The van der Waals surface area contributed by atoms with Gasteiger partial charge in [0.1, 0.15) is 11.9 Å². The van der Waals surface area contributed by atoms with Crippen LogP contribution in [0.3, 0.4) is 0 Å². The molecule has 1 aliphatic rings. The summed E-state index contributed by atoms with van der Waals surface area (Å²) in [7, 11) is 0. The van der Waals surface area contributed by atoms with Crippen LogP contribution in [0.1, 0.15) is 18.9 Å². The van der Waals surface area contributed by atoms with E-state index in [1.807, 2.05) is 49.4 Å². The first-order valence-electron chi connectivity index (χ1n) is 7.69. The molecule has 0 radical (unpaired) electrons. The molecule has 0 spiro atoms. The van der Waals surface area contributed by atoms with Crippen LogP contribution >= 0.6 is 15.9 Å². The Labute approximate surface area is 144 Å². The third-order valence-electron chi connectivity index (χ3n) is 3.95. The molecular weight excluding hydrogens is 356 g/mol. The van der Waals surface area contributed by atoms with Crippen LogP contribution in [0.2, 0.25) is 0 Å². The van der Waals surface area contributed by atoms with Gasteiger partial charge in [-0.1, -0.05) is 35.0 Å². The SMILES string of the molecule is CC[C@H]1CN(C(=O)Nc2ccc(Br)c(C)c2)c2ccccc2O1. The fourth-order valence-electron chi connectivity index (χ4n) is 2.62. The molecule has 0 bridgehead atoms. The number of carbonyl (C=O) groups excluding carboxylic acids is 1. The molecule has 0 fully saturated rings. The van der Waals surface area contributed by atoms with Crippen molar-refractivity contribution in [1.29, 1.82) is 0 Å². The molecule has 1 N–H and O–H groups in total. The summed E-state index contributed by atoms with van der Waals surface area (Å²) in [6, 6.07) is 13.3. The van der Waals surface area contributed by atoms with Gasteiger partial charge in [-0.05, 0) is 49.2 Å². The van der Waals surface area contributed by atoms with Crippen LogP contribution in [-0.4, -0.2) is 18.7 Å². The van der Waals surface area contributed by atoms with Crippen LogP contribution in [0.25, 0.3) is 0 Å². The number of amides is 2. The van der Waals surface area contributed by atoms with E-state index in [4.69, 9.17) is 4.74 Å². The summed E-state index contributed by atoms with van der Waals surface area (Å²) < 4.78 is 6.94. The highest BCUT2D eigenvalue weighted by Crippen LogP contribution is 2.34. The highest BCUT2D eigenvalue weighted by atomic mass is 79.9. The predicted octanol–water partition coefficient (Wildman–Crippen LogP) is 4.97. The lowest BCUT2D eigenvalue weighted by atomic mass is 10.1. The molecule has 0 saturated heterocycles. The summed E-state index contributed by atoms with van der Waals surface area (Å²) in [5, 5.41) is 2.98. The first kappa shape index (κ1) is 15.9. The van der Waals surface area contributed by atoms with Crippen LogP contribution in [0.15, 0.2) is 46.9 Å². The number of ether oxygens (including phenoxy) is 1. The molecule has 120 valence electrons. The van der Waals surface area contributed by atoms with Gasteiger partial charge in [0.25, 0.3) is 0 Å². The molecule has 23 heavy (non-hydrogen) atoms. The second-order valence-corrected chi connectivity index (χ2v) is 6.47. The third-order valence-corrected chi connectivity index (χ3v) is 4.84. The fraction of sp³-hybridized carbons (Fsp3) is 0.278. The lowest BCUT2D eigenvalue weighted by Gasteiger charge is -2.34. The predicted molar refractivity (Wildman–Crippen MR) is 96.4 cm³/mol. The smallest absolute Gasteiger partial charge is 0.326 e. The van der Waals surface area contributed by atoms with Crippen molar-refractivity contribution in [1.82, 2.24) is 0 Å². The highest BCUT2D eigenvalue weighted by Gasteiger charge is 2.28. The van der Waals surface area contributed by atoms with E-state index in [0.29, 0.717) is 6.54 Å². The Balaban J connectivity index is 1.84. The van der Waals surface area contributed by atoms with Gasteiger partial charge in [0.2, 0.25) is 0 Å². The monoisotopic (exact) mass is 374 g/mol. The molecule has 0 aliphatic carbocycles. The zero-order chi connectivity index (χ0) is 16.4. The number of urea groups is 1. The average molecular weight is 375 g/mol. The van der Waals surface area contributed by atoms with Gasteiger partial charge in [-0.25, -0.2) is 4.79 Å². The van der Waals surface area contributed by atoms with Crippen molar-refractivity contribution in [2.24, 2.45) is 0 Å². The van der Waals surface area contributed by atoms with Gasteiger partial charge in [-0.2, -0.15) is 0 Å². The number of nitrogens with zero attached hydrogens (tertiary/aromatic N) is 1. The lowest BCUT2D eigenvalue weighted by molar-refractivity contribution is 0.188. The second kappa shape index (κ2) is 6.62. The number of benzene rings is 2. The molecule has 1 aliphatic heterocycles. The van der Waals surface area contributed by atoms with Crippen LogP contribution < -0.4 is 15.0 Å². The number of rotatable bonds is 2. The number of para-hydroxylation sites is 2. The Bertz CT molecular complexity index is 733. The summed E-state index contributed by atoms with van der Waals surface area (Å²) in [5.41, 5.74) is 2.67. The highest BCUT2D eigenvalue weighted by molar-refractivity contribution is 9.10. The van der Waals surface area contributed by atoms with Crippen molar-refractivity contribution in [3.05, 3.63) is 52.5 Å². The Kier molecular flexibility index (Phi) is 4.57. The van der Waals surface area contributed by atoms with Crippen molar-refractivity contribution in [2.45, 2.75) is 26.4 Å². The number of nitrogens with one attached hydrogen (secondary N) is 1. The molecule has 2 aromatic rings. The molecule has 0 unspecified atom stereocenters. The molecule has 0 saturated carbocycles. The van der Waals surface area contributed by atoms with Crippen molar-refractivity contribution in [3.63, 3.8) is 0 Å². The maximum Gasteiger partial charge on any atom is 0.326 e. The second-order valence-electron chi connectivity index (χ2n) is 5.62. The molecule has 5 heteroatoms. The standard InChI is InChI=1S/C18H19BrN2O2/c1-3-14-11-21(16-6-4-5-7-17(16)23-14)18(22)20-13-8-9-15(19)12(2)10-13/h4-10,14H,3,11H2,1-2H3,(H,20,22)/t14-/m0/s1. The number of aryl methyl sites for hydroxylation is 1. The minimum atomic E-state index is -0.138. The number of carbonyl (C=O) groups is 1. The average Bonchev–Trinajstić information content (AvgIpc) is 2.57. The number of anilines is 2. The molecule has 2 amide bonds. The Morgan fingerprint density at radius 2 is 2.13 bits per heavy atom. The Morgan fingerprint density at radius 1 is 1.35 bits per heavy atom.